The summed E-state index contributed by atoms with van der Waals surface area (Å²) in [6.45, 7) is 10.5. The quantitative estimate of drug-likeness (QED) is 0.452. The molecule has 0 fully saturated rings. The maximum absolute atomic E-state index is 13.1. The number of ether oxygens (including phenoxy) is 1. The first-order chi connectivity index (χ1) is 14.6. The molecule has 0 aliphatic carbocycles. The Labute approximate surface area is 201 Å². The highest BCUT2D eigenvalue weighted by Crippen LogP contribution is 2.26. The lowest BCUT2D eigenvalue weighted by molar-refractivity contribution is -0.142. The van der Waals surface area contributed by atoms with E-state index in [9.17, 15) is 9.59 Å². The van der Waals surface area contributed by atoms with Crippen molar-refractivity contribution in [2.24, 2.45) is 5.92 Å². The molecule has 5 nitrogen and oxygen atoms in total. The molecule has 2 rings (SSSR count). The second-order valence-electron chi connectivity index (χ2n) is 8.12. The first-order valence-corrected chi connectivity index (χ1v) is 11.9. The van der Waals surface area contributed by atoms with Crippen molar-refractivity contribution in [3.63, 3.8) is 0 Å². The maximum atomic E-state index is 13.1. The fourth-order valence-corrected chi connectivity index (χ4v) is 3.53. The predicted molar refractivity (Wildman–Crippen MR) is 131 cm³/mol. The van der Waals surface area contributed by atoms with Crippen molar-refractivity contribution >= 4 is 43.7 Å². The number of benzene rings is 2. The van der Waals surface area contributed by atoms with E-state index in [2.05, 4.69) is 37.2 Å². The Kier molecular flexibility index (Phi) is 9.56. The Morgan fingerprint density at radius 1 is 1.03 bits per heavy atom. The van der Waals surface area contributed by atoms with E-state index in [4.69, 9.17) is 4.74 Å². The van der Waals surface area contributed by atoms with Crippen LogP contribution < -0.4 is 10.1 Å². The van der Waals surface area contributed by atoms with Gasteiger partial charge in [0.15, 0.2) is 6.61 Å². The molecule has 2 amide bonds. The molecule has 7 heteroatoms. The molecule has 0 aliphatic rings. The molecule has 1 unspecified atom stereocenters. The van der Waals surface area contributed by atoms with Crippen LogP contribution in [0.25, 0.3) is 0 Å². The summed E-state index contributed by atoms with van der Waals surface area (Å²) in [5.41, 5.74) is 3.02. The van der Waals surface area contributed by atoms with Gasteiger partial charge in [0, 0.05) is 22.0 Å². The van der Waals surface area contributed by atoms with Crippen molar-refractivity contribution in [1.29, 1.82) is 0 Å². The molecule has 0 spiro atoms. The van der Waals surface area contributed by atoms with Gasteiger partial charge in [0.2, 0.25) is 5.91 Å². The molecular weight excluding hydrogens is 524 g/mol. The fraction of sp³-hybridized carbons (Fsp3) is 0.417. The molecule has 0 heterocycles. The van der Waals surface area contributed by atoms with Gasteiger partial charge in [0.05, 0.1) is 0 Å². The Bertz CT molecular complexity index is 891. The molecule has 0 aromatic heterocycles. The maximum Gasteiger partial charge on any atom is 0.261 e. The summed E-state index contributed by atoms with van der Waals surface area (Å²) in [5.74, 6) is 0.550. The van der Waals surface area contributed by atoms with E-state index in [-0.39, 0.29) is 18.4 Å². The van der Waals surface area contributed by atoms with Crippen LogP contribution >= 0.6 is 31.9 Å². The summed E-state index contributed by atoms with van der Waals surface area (Å²) in [7, 11) is 0. The zero-order chi connectivity index (χ0) is 23.1. The zero-order valence-electron chi connectivity index (χ0n) is 18.7. The summed E-state index contributed by atoms with van der Waals surface area (Å²) in [4.78, 5) is 27.4. The van der Waals surface area contributed by atoms with Gasteiger partial charge in [-0.05, 0) is 67.6 Å². The van der Waals surface area contributed by atoms with Gasteiger partial charge < -0.3 is 15.0 Å². The molecule has 0 bridgehead atoms. The van der Waals surface area contributed by atoms with E-state index in [0.717, 1.165) is 25.6 Å². The van der Waals surface area contributed by atoms with Crippen LogP contribution in [-0.4, -0.2) is 35.9 Å². The minimum absolute atomic E-state index is 0.140. The van der Waals surface area contributed by atoms with Crippen molar-refractivity contribution in [2.45, 2.75) is 47.2 Å². The average molecular weight is 554 g/mol. The molecule has 0 radical (unpaired) electrons. The number of hydrogen-bond donors (Lipinski definition) is 1. The lowest BCUT2D eigenvalue weighted by atomic mass is 10.1. The predicted octanol–water partition coefficient (Wildman–Crippen LogP) is 5.40. The lowest BCUT2D eigenvalue weighted by Crippen LogP contribution is -2.49. The van der Waals surface area contributed by atoms with E-state index >= 15 is 0 Å². The Balaban J connectivity index is 2.16. The van der Waals surface area contributed by atoms with E-state index in [1.165, 1.54) is 0 Å². The molecule has 1 N–H and O–H groups in total. The number of hydrogen-bond acceptors (Lipinski definition) is 3. The van der Waals surface area contributed by atoms with Gasteiger partial charge in [-0.3, -0.25) is 9.59 Å². The molecule has 168 valence electrons. The zero-order valence-corrected chi connectivity index (χ0v) is 21.8. The molecule has 0 saturated heterocycles. The van der Waals surface area contributed by atoms with Crippen molar-refractivity contribution in [1.82, 2.24) is 10.2 Å². The second kappa shape index (κ2) is 11.7. The smallest absolute Gasteiger partial charge is 0.261 e. The topological polar surface area (TPSA) is 58.6 Å². The van der Waals surface area contributed by atoms with Crippen LogP contribution in [0.2, 0.25) is 0 Å². The number of nitrogens with zero attached hydrogens (tertiary/aromatic N) is 1. The van der Waals surface area contributed by atoms with Gasteiger partial charge in [-0.15, -0.1) is 0 Å². The van der Waals surface area contributed by atoms with Gasteiger partial charge in [-0.2, -0.15) is 0 Å². The Morgan fingerprint density at radius 2 is 1.61 bits per heavy atom. The standard InChI is InChI=1S/C24H30Br2N2O3/c1-15(2)12-27-24(30)18(5)28(13-19-6-8-20(25)9-7-19)22(29)14-31-21-10-16(3)23(26)17(4)11-21/h6-11,15,18H,12-14H2,1-5H3,(H,27,30). The summed E-state index contributed by atoms with van der Waals surface area (Å²) >= 11 is 6.97. The number of halogens is 2. The summed E-state index contributed by atoms with van der Waals surface area (Å²) in [6, 6.07) is 10.9. The molecular formula is C24H30Br2N2O3. The molecule has 2 aromatic carbocycles. The minimum atomic E-state index is -0.619. The normalized spacial score (nSPS) is 11.9. The highest BCUT2D eigenvalue weighted by Gasteiger charge is 2.26. The highest BCUT2D eigenvalue weighted by molar-refractivity contribution is 9.10. The molecule has 0 saturated carbocycles. The van der Waals surface area contributed by atoms with Gasteiger partial charge in [0.1, 0.15) is 11.8 Å². The van der Waals surface area contributed by atoms with Crippen LogP contribution in [0.1, 0.15) is 37.5 Å². The number of aryl methyl sites for hydroxylation is 2. The molecule has 2 aromatic rings. The van der Waals surface area contributed by atoms with E-state index in [1.807, 2.05) is 64.1 Å². The number of amides is 2. The van der Waals surface area contributed by atoms with Crippen molar-refractivity contribution in [2.75, 3.05) is 13.2 Å². The van der Waals surface area contributed by atoms with E-state index in [0.29, 0.717) is 24.8 Å². The Hall–Kier alpha value is -1.86. The monoisotopic (exact) mass is 552 g/mol. The molecule has 1 atom stereocenters. The highest BCUT2D eigenvalue weighted by atomic mass is 79.9. The number of nitrogens with one attached hydrogen (secondary N) is 1. The van der Waals surface area contributed by atoms with Crippen molar-refractivity contribution in [3.8, 4) is 5.75 Å². The molecule has 0 aliphatic heterocycles. The summed E-state index contributed by atoms with van der Waals surface area (Å²) < 4.78 is 7.78. The van der Waals surface area contributed by atoms with Gasteiger partial charge in [-0.1, -0.05) is 57.8 Å². The van der Waals surface area contributed by atoms with Crippen LogP contribution in [0.3, 0.4) is 0 Å². The lowest BCUT2D eigenvalue weighted by Gasteiger charge is -2.29. The third kappa shape index (κ3) is 7.65. The molecule has 31 heavy (non-hydrogen) atoms. The van der Waals surface area contributed by atoms with Crippen molar-refractivity contribution < 1.29 is 14.3 Å². The number of carbonyl (C=O) groups excluding carboxylic acids is 2. The minimum Gasteiger partial charge on any atom is -0.484 e. The average Bonchev–Trinajstić information content (AvgIpc) is 2.73. The van der Waals surface area contributed by atoms with Gasteiger partial charge in [-0.25, -0.2) is 0 Å². The van der Waals surface area contributed by atoms with Crippen LogP contribution in [0.4, 0.5) is 0 Å². The first kappa shape index (κ1) is 25.4. The van der Waals surface area contributed by atoms with Crippen LogP contribution in [0, 0.1) is 19.8 Å². The van der Waals surface area contributed by atoms with Crippen LogP contribution in [0.5, 0.6) is 5.75 Å². The summed E-state index contributed by atoms with van der Waals surface area (Å²) in [6.07, 6.45) is 0. The van der Waals surface area contributed by atoms with Gasteiger partial charge >= 0.3 is 0 Å². The summed E-state index contributed by atoms with van der Waals surface area (Å²) in [5, 5.41) is 2.92. The SMILES string of the molecule is Cc1cc(OCC(=O)N(Cc2ccc(Br)cc2)C(C)C(=O)NCC(C)C)cc(C)c1Br. The van der Waals surface area contributed by atoms with Gasteiger partial charge in [0.25, 0.3) is 5.91 Å². The van der Waals surface area contributed by atoms with Crippen LogP contribution in [0.15, 0.2) is 45.3 Å². The third-order valence-electron chi connectivity index (χ3n) is 4.89. The second-order valence-corrected chi connectivity index (χ2v) is 9.83. The first-order valence-electron chi connectivity index (χ1n) is 10.3. The van der Waals surface area contributed by atoms with E-state index in [1.54, 1.807) is 11.8 Å². The van der Waals surface area contributed by atoms with Crippen LogP contribution in [-0.2, 0) is 16.1 Å². The Morgan fingerprint density at radius 3 is 2.16 bits per heavy atom. The van der Waals surface area contributed by atoms with Crippen molar-refractivity contribution in [3.05, 3.63) is 62.0 Å². The fourth-order valence-electron chi connectivity index (χ4n) is 3.04. The number of rotatable bonds is 9. The largest absolute Gasteiger partial charge is 0.484 e. The number of carbonyl (C=O) groups is 2. The van der Waals surface area contributed by atoms with E-state index < -0.39 is 6.04 Å². The third-order valence-corrected chi connectivity index (χ3v) is 6.67.